The van der Waals surface area contributed by atoms with Gasteiger partial charge in [-0.05, 0) is 35.7 Å². The van der Waals surface area contributed by atoms with Crippen molar-refractivity contribution in [2.24, 2.45) is 0 Å². The summed E-state index contributed by atoms with van der Waals surface area (Å²) in [5.74, 6) is -0.568. The van der Waals surface area contributed by atoms with Crippen LogP contribution in [0.2, 0.25) is 0 Å². The summed E-state index contributed by atoms with van der Waals surface area (Å²) in [5, 5.41) is 4.45. The molecule has 0 aliphatic heterocycles. The second kappa shape index (κ2) is 7.48. The van der Waals surface area contributed by atoms with Gasteiger partial charge in [0.25, 0.3) is 5.91 Å². The van der Waals surface area contributed by atoms with Crippen LogP contribution in [0.3, 0.4) is 0 Å². The average Bonchev–Trinajstić information content (AvgIpc) is 3.05. The lowest BCUT2D eigenvalue weighted by Crippen LogP contribution is -2.37. The highest BCUT2D eigenvalue weighted by molar-refractivity contribution is 7.12. The van der Waals surface area contributed by atoms with Crippen LogP contribution in [0.4, 0.5) is 18.9 Å². The van der Waals surface area contributed by atoms with Crippen molar-refractivity contribution in [3.8, 4) is 0 Å². The number of amides is 2. The fourth-order valence-corrected chi connectivity index (χ4v) is 2.71. The molecule has 1 aromatic carbocycles. The minimum atomic E-state index is -4.42. The van der Waals surface area contributed by atoms with Crippen molar-refractivity contribution < 1.29 is 22.8 Å². The molecule has 128 valence electrons. The number of hydrogen-bond acceptors (Lipinski definition) is 3. The second-order valence-corrected chi connectivity index (χ2v) is 5.90. The molecule has 0 fully saturated rings. The highest BCUT2D eigenvalue weighted by atomic mass is 32.1. The zero-order chi connectivity index (χ0) is 17.7. The number of nitrogens with one attached hydrogen (secondary N) is 1. The molecule has 0 saturated carbocycles. The molecule has 2 rings (SSSR count). The van der Waals surface area contributed by atoms with Crippen molar-refractivity contribution in [2.75, 3.05) is 18.0 Å². The summed E-state index contributed by atoms with van der Waals surface area (Å²) < 4.78 is 37.7. The fourth-order valence-electron chi connectivity index (χ4n) is 2.07. The van der Waals surface area contributed by atoms with E-state index in [1.54, 1.807) is 17.5 Å². The predicted octanol–water partition coefficient (Wildman–Crippen LogP) is 3.55. The van der Waals surface area contributed by atoms with Gasteiger partial charge in [-0.2, -0.15) is 13.2 Å². The van der Waals surface area contributed by atoms with Gasteiger partial charge in [-0.25, -0.2) is 0 Å². The van der Waals surface area contributed by atoms with Crippen molar-refractivity contribution in [3.63, 3.8) is 0 Å². The Morgan fingerprint density at radius 3 is 2.33 bits per heavy atom. The Kier molecular flexibility index (Phi) is 5.61. The maximum atomic E-state index is 12.6. The highest BCUT2D eigenvalue weighted by Crippen LogP contribution is 2.30. The maximum absolute atomic E-state index is 12.6. The molecule has 1 heterocycles. The number of nitrogens with zero attached hydrogens (tertiary/aromatic N) is 1. The molecular weight excluding hydrogens is 341 g/mol. The number of benzene rings is 1. The minimum Gasteiger partial charge on any atom is -0.350 e. The van der Waals surface area contributed by atoms with E-state index in [4.69, 9.17) is 0 Å². The summed E-state index contributed by atoms with van der Waals surface area (Å²) in [6.45, 7) is 1.67. The third kappa shape index (κ3) is 4.58. The van der Waals surface area contributed by atoms with Gasteiger partial charge in [0, 0.05) is 25.7 Å². The van der Waals surface area contributed by atoms with Gasteiger partial charge in [0.2, 0.25) is 5.91 Å². The lowest BCUT2D eigenvalue weighted by Gasteiger charge is -2.22. The Bertz CT molecular complexity index is 697. The lowest BCUT2D eigenvalue weighted by molar-refractivity contribution is -0.137. The Morgan fingerprint density at radius 2 is 1.83 bits per heavy atom. The quantitative estimate of drug-likeness (QED) is 0.891. The molecule has 24 heavy (non-hydrogen) atoms. The van der Waals surface area contributed by atoms with Crippen molar-refractivity contribution in [2.45, 2.75) is 13.1 Å². The smallest absolute Gasteiger partial charge is 0.350 e. The Labute approximate surface area is 140 Å². The largest absolute Gasteiger partial charge is 0.416 e. The molecule has 8 heteroatoms. The number of carbonyl (C=O) groups excluding carboxylic acids is 2. The Balaban J connectivity index is 1.99. The molecule has 0 atom stereocenters. The van der Waals surface area contributed by atoms with E-state index >= 15 is 0 Å². The zero-order valence-corrected chi connectivity index (χ0v) is 13.6. The number of hydrogen-bond donors (Lipinski definition) is 1. The van der Waals surface area contributed by atoms with Crippen LogP contribution in [-0.4, -0.2) is 24.9 Å². The van der Waals surface area contributed by atoms with Gasteiger partial charge < -0.3 is 10.2 Å². The molecule has 0 aliphatic rings. The second-order valence-electron chi connectivity index (χ2n) is 4.95. The molecule has 0 radical (unpaired) electrons. The highest BCUT2D eigenvalue weighted by Gasteiger charge is 2.30. The zero-order valence-electron chi connectivity index (χ0n) is 12.8. The number of alkyl halides is 3. The van der Waals surface area contributed by atoms with Gasteiger partial charge >= 0.3 is 6.18 Å². The molecule has 0 unspecified atom stereocenters. The van der Waals surface area contributed by atoms with Crippen LogP contribution in [0.5, 0.6) is 0 Å². The number of thiophene rings is 1. The van der Waals surface area contributed by atoms with Crippen LogP contribution in [-0.2, 0) is 11.0 Å². The van der Waals surface area contributed by atoms with Gasteiger partial charge in [0.1, 0.15) is 0 Å². The summed E-state index contributed by atoms with van der Waals surface area (Å²) >= 11 is 1.30. The fraction of sp³-hybridized carbons (Fsp3) is 0.250. The van der Waals surface area contributed by atoms with E-state index in [-0.39, 0.29) is 24.9 Å². The van der Waals surface area contributed by atoms with Gasteiger partial charge in [0.05, 0.1) is 10.4 Å². The molecule has 0 aliphatic carbocycles. The molecular formula is C16H15F3N2O2S. The number of rotatable bonds is 5. The van der Waals surface area contributed by atoms with Crippen LogP contribution in [0.15, 0.2) is 41.8 Å². The van der Waals surface area contributed by atoms with E-state index in [2.05, 4.69) is 5.32 Å². The lowest BCUT2D eigenvalue weighted by atomic mass is 10.2. The number of anilines is 1. The summed E-state index contributed by atoms with van der Waals surface area (Å²) in [7, 11) is 0. The van der Waals surface area contributed by atoms with E-state index in [0.717, 1.165) is 12.1 Å². The molecule has 1 N–H and O–H groups in total. The van der Waals surface area contributed by atoms with Crippen LogP contribution < -0.4 is 10.2 Å². The topological polar surface area (TPSA) is 49.4 Å². The molecule has 2 amide bonds. The Morgan fingerprint density at radius 1 is 1.17 bits per heavy atom. The van der Waals surface area contributed by atoms with Gasteiger partial charge in [-0.15, -0.1) is 11.3 Å². The molecule has 0 bridgehead atoms. The maximum Gasteiger partial charge on any atom is 0.416 e. The summed E-state index contributed by atoms with van der Waals surface area (Å²) in [5.41, 5.74) is -0.429. The molecule has 4 nitrogen and oxygen atoms in total. The van der Waals surface area contributed by atoms with Crippen molar-refractivity contribution in [1.82, 2.24) is 5.32 Å². The molecule has 1 aromatic heterocycles. The van der Waals surface area contributed by atoms with Gasteiger partial charge in [0.15, 0.2) is 0 Å². The van der Waals surface area contributed by atoms with Crippen LogP contribution >= 0.6 is 11.3 Å². The van der Waals surface area contributed by atoms with Crippen LogP contribution in [0, 0.1) is 0 Å². The van der Waals surface area contributed by atoms with Crippen LogP contribution in [0.25, 0.3) is 0 Å². The first-order valence-electron chi connectivity index (χ1n) is 7.06. The average molecular weight is 356 g/mol. The molecule has 2 aromatic rings. The SMILES string of the molecule is CC(=O)N(CCNC(=O)c1cccs1)c1ccc(C(F)(F)F)cc1. The predicted molar refractivity (Wildman–Crippen MR) is 86.1 cm³/mol. The Hall–Kier alpha value is -2.35. The van der Waals surface area contributed by atoms with Crippen molar-refractivity contribution in [3.05, 3.63) is 52.2 Å². The first-order chi connectivity index (χ1) is 11.3. The van der Waals surface area contributed by atoms with Crippen LogP contribution in [0.1, 0.15) is 22.2 Å². The first-order valence-corrected chi connectivity index (χ1v) is 7.94. The van der Waals surface area contributed by atoms with E-state index in [1.165, 1.54) is 35.3 Å². The van der Waals surface area contributed by atoms with E-state index < -0.39 is 11.7 Å². The standard InChI is InChI=1S/C16H15F3N2O2S/c1-11(22)21(9-8-20-15(23)14-3-2-10-24-14)13-6-4-12(5-7-13)16(17,18)19/h2-7,10H,8-9H2,1H3,(H,20,23). The first kappa shape index (κ1) is 18.0. The summed E-state index contributed by atoms with van der Waals surface area (Å²) in [6, 6.07) is 7.77. The van der Waals surface area contributed by atoms with Crippen molar-refractivity contribution in [1.29, 1.82) is 0 Å². The van der Waals surface area contributed by atoms with Crippen molar-refractivity contribution >= 4 is 28.8 Å². The van der Waals surface area contributed by atoms with Gasteiger partial charge in [-0.1, -0.05) is 6.07 Å². The summed E-state index contributed by atoms with van der Waals surface area (Å²) in [4.78, 5) is 25.4. The van der Waals surface area contributed by atoms with E-state index in [1.807, 2.05) is 0 Å². The summed E-state index contributed by atoms with van der Waals surface area (Å²) in [6.07, 6.45) is -4.42. The molecule has 0 saturated heterocycles. The normalized spacial score (nSPS) is 11.2. The minimum absolute atomic E-state index is 0.164. The third-order valence-electron chi connectivity index (χ3n) is 3.25. The van der Waals surface area contributed by atoms with Gasteiger partial charge in [-0.3, -0.25) is 9.59 Å². The van der Waals surface area contributed by atoms with E-state index in [9.17, 15) is 22.8 Å². The molecule has 0 spiro atoms. The monoisotopic (exact) mass is 356 g/mol. The third-order valence-corrected chi connectivity index (χ3v) is 4.12. The number of halogens is 3. The van der Waals surface area contributed by atoms with E-state index in [0.29, 0.717) is 10.6 Å². The number of carbonyl (C=O) groups is 2.